The van der Waals surface area contributed by atoms with E-state index in [2.05, 4.69) is 15.5 Å². The van der Waals surface area contributed by atoms with Gasteiger partial charge in [-0.15, -0.1) is 0 Å². The number of methoxy groups -OCH3 is 1. The van der Waals surface area contributed by atoms with Crippen LogP contribution in [0.3, 0.4) is 0 Å². The first-order chi connectivity index (χ1) is 10.7. The summed E-state index contributed by atoms with van der Waals surface area (Å²) in [6.45, 7) is 2.44. The van der Waals surface area contributed by atoms with Crippen LogP contribution in [0.25, 0.3) is 0 Å². The second-order valence-electron chi connectivity index (χ2n) is 4.28. The molecule has 0 saturated heterocycles. The Labute approximate surface area is 128 Å². The van der Waals surface area contributed by atoms with Gasteiger partial charge in [0.05, 0.1) is 19.9 Å². The van der Waals surface area contributed by atoms with Crippen molar-refractivity contribution in [1.29, 1.82) is 0 Å². The molecule has 0 fully saturated rings. The van der Waals surface area contributed by atoms with Gasteiger partial charge in [0.25, 0.3) is 5.91 Å². The summed E-state index contributed by atoms with van der Waals surface area (Å²) < 4.78 is 10.7. The van der Waals surface area contributed by atoms with Gasteiger partial charge in [-0.1, -0.05) is 0 Å². The summed E-state index contributed by atoms with van der Waals surface area (Å²) in [4.78, 5) is 15.7. The third-order valence-corrected chi connectivity index (χ3v) is 2.81. The van der Waals surface area contributed by atoms with Crippen molar-refractivity contribution in [2.24, 2.45) is 5.10 Å². The van der Waals surface area contributed by atoms with Crippen LogP contribution >= 0.6 is 0 Å². The normalized spacial score (nSPS) is 10.5. The van der Waals surface area contributed by atoms with Gasteiger partial charge in [-0.3, -0.25) is 9.78 Å². The average molecular weight is 299 g/mol. The molecule has 0 radical (unpaired) electrons. The summed E-state index contributed by atoms with van der Waals surface area (Å²) >= 11 is 0. The molecule has 6 nitrogen and oxygen atoms in total. The van der Waals surface area contributed by atoms with Gasteiger partial charge in [0, 0.05) is 18.0 Å². The van der Waals surface area contributed by atoms with E-state index in [0.29, 0.717) is 23.7 Å². The fourth-order valence-corrected chi connectivity index (χ4v) is 1.78. The van der Waals surface area contributed by atoms with Crippen molar-refractivity contribution in [3.63, 3.8) is 0 Å². The smallest absolute Gasteiger partial charge is 0.271 e. The molecule has 0 saturated carbocycles. The molecule has 1 aromatic carbocycles. The SMILES string of the molecule is CCOc1cc(C=NNC(=O)c2ccncc2)ccc1OC. The monoisotopic (exact) mass is 299 g/mol. The lowest BCUT2D eigenvalue weighted by atomic mass is 10.2. The Kier molecular flexibility index (Phi) is 5.48. The molecule has 2 rings (SSSR count). The third kappa shape index (κ3) is 4.05. The third-order valence-electron chi connectivity index (χ3n) is 2.81. The molecule has 1 amide bonds. The van der Waals surface area contributed by atoms with Crippen LogP contribution in [0.15, 0.2) is 47.8 Å². The van der Waals surface area contributed by atoms with E-state index in [0.717, 1.165) is 5.56 Å². The molecule has 1 aromatic heterocycles. The number of amides is 1. The average Bonchev–Trinajstić information content (AvgIpc) is 2.56. The molecule has 1 heterocycles. The van der Waals surface area contributed by atoms with Gasteiger partial charge in [0.1, 0.15) is 0 Å². The van der Waals surface area contributed by atoms with Crippen LogP contribution in [-0.2, 0) is 0 Å². The number of hydrazone groups is 1. The molecule has 0 aliphatic carbocycles. The van der Waals surface area contributed by atoms with E-state index in [1.807, 2.05) is 13.0 Å². The maximum atomic E-state index is 11.8. The van der Waals surface area contributed by atoms with Crippen molar-refractivity contribution >= 4 is 12.1 Å². The molecule has 0 atom stereocenters. The van der Waals surface area contributed by atoms with Crippen LogP contribution in [0.1, 0.15) is 22.8 Å². The van der Waals surface area contributed by atoms with Crippen molar-refractivity contribution in [3.05, 3.63) is 53.9 Å². The number of ether oxygens (including phenoxy) is 2. The Hall–Kier alpha value is -2.89. The number of nitrogens with one attached hydrogen (secondary N) is 1. The first-order valence-electron chi connectivity index (χ1n) is 6.79. The van der Waals surface area contributed by atoms with Crippen LogP contribution < -0.4 is 14.9 Å². The van der Waals surface area contributed by atoms with E-state index in [1.54, 1.807) is 50.0 Å². The molecule has 0 spiro atoms. The number of pyridine rings is 1. The van der Waals surface area contributed by atoms with E-state index in [4.69, 9.17) is 9.47 Å². The van der Waals surface area contributed by atoms with Crippen molar-refractivity contribution in [1.82, 2.24) is 10.4 Å². The summed E-state index contributed by atoms with van der Waals surface area (Å²) in [6.07, 6.45) is 4.65. The van der Waals surface area contributed by atoms with Gasteiger partial charge >= 0.3 is 0 Å². The highest BCUT2D eigenvalue weighted by Gasteiger charge is 2.05. The molecule has 1 N–H and O–H groups in total. The lowest BCUT2D eigenvalue weighted by Crippen LogP contribution is -2.17. The summed E-state index contributed by atoms with van der Waals surface area (Å²) in [5.74, 6) is 0.992. The Morgan fingerprint density at radius 2 is 2.05 bits per heavy atom. The van der Waals surface area contributed by atoms with Crippen molar-refractivity contribution in [3.8, 4) is 11.5 Å². The minimum atomic E-state index is -0.294. The Morgan fingerprint density at radius 1 is 1.27 bits per heavy atom. The number of hydrogen-bond acceptors (Lipinski definition) is 5. The zero-order chi connectivity index (χ0) is 15.8. The standard InChI is InChI=1S/C16H17N3O3/c1-3-22-15-10-12(4-5-14(15)21-2)11-18-19-16(20)13-6-8-17-9-7-13/h4-11H,3H2,1-2H3,(H,19,20). The quantitative estimate of drug-likeness (QED) is 0.656. The lowest BCUT2D eigenvalue weighted by molar-refractivity contribution is 0.0955. The highest BCUT2D eigenvalue weighted by Crippen LogP contribution is 2.27. The summed E-state index contributed by atoms with van der Waals surface area (Å²) in [5, 5.41) is 3.93. The molecular weight excluding hydrogens is 282 g/mol. The fourth-order valence-electron chi connectivity index (χ4n) is 1.78. The van der Waals surface area contributed by atoms with Gasteiger partial charge < -0.3 is 9.47 Å². The van der Waals surface area contributed by atoms with E-state index in [-0.39, 0.29) is 5.91 Å². The molecule has 2 aromatic rings. The minimum absolute atomic E-state index is 0.294. The molecular formula is C16H17N3O3. The largest absolute Gasteiger partial charge is 0.493 e. The number of rotatable bonds is 6. The second-order valence-corrected chi connectivity index (χ2v) is 4.28. The van der Waals surface area contributed by atoms with Crippen molar-refractivity contribution in [2.45, 2.75) is 6.92 Å². The first kappa shape index (κ1) is 15.5. The van der Waals surface area contributed by atoms with Gasteiger partial charge in [-0.05, 0) is 42.8 Å². The number of hydrogen-bond donors (Lipinski definition) is 1. The number of aromatic nitrogens is 1. The molecule has 6 heteroatoms. The molecule has 0 unspecified atom stereocenters. The van der Waals surface area contributed by atoms with E-state index >= 15 is 0 Å². The van der Waals surface area contributed by atoms with Crippen LogP contribution in [0.4, 0.5) is 0 Å². The van der Waals surface area contributed by atoms with E-state index in [1.165, 1.54) is 0 Å². The fraction of sp³-hybridized carbons (Fsp3) is 0.188. The number of benzene rings is 1. The van der Waals surface area contributed by atoms with E-state index < -0.39 is 0 Å². The second kappa shape index (κ2) is 7.78. The van der Waals surface area contributed by atoms with Crippen molar-refractivity contribution in [2.75, 3.05) is 13.7 Å². The first-order valence-corrected chi connectivity index (χ1v) is 6.79. The molecule has 0 bridgehead atoms. The maximum absolute atomic E-state index is 11.8. The zero-order valence-corrected chi connectivity index (χ0v) is 12.4. The van der Waals surface area contributed by atoms with Crippen LogP contribution in [0.5, 0.6) is 11.5 Å². The lowest BCUT2D eigenvalue weighted by Gasteiger charge is -2.09. The maximum Gasteiger partial charge on any atom is 0.271 e. The Morgan fingerprint density at radius 3 is 2.73 bits per heavy atom. The Bertz CT molecular complexity index is 657. The van der Waals surface area contributed by atoms with Crippen LogP contribution in [0, 0.1) is 0 Å². The molecule has 0 aliphatic heterocycles. The van der Waals surface area contributed by atoms with Crippen LogP contribution in [0.2, 0.25) is 0 Å². The predicted molar refractivity (Wildman–Crippen MR) is 83.5 cm³/mol. The molecule has 0 aliphatic rings. The van der Waals surface area contributed by atoms with Gasteiger partial charge in [0.2, 0.25) is 0 Å². The van der Waals surface area contributed by atoms with Gasteiger partial charge in [-0.25, -0.2) is 5.43 Å². The Balaban J connectivity index is 2.04. The van der Waals surface area contributed by atoms with E-state index in [9.17, 15) is 4.79 Å². The molecule has 114 valence electrons. The highest BCUT2D eigenvalue weighted by molar-refractivity contribution is 5.94. The molecule has 22 heavy (non-hydrogen) atoms. The van der Waals surface area contributed by atoms with Gasteiger partial charge in [0.15, 0.2) is 11.5 Å². The topological polar surface area (TPSA) is 72.8 Å². The van der Waals surface area contributed by atoms with Crippen LogP contribution in [-0.4, -0.2) is 30.8 Å². The number of carbonyl (C=O) groups excluding carboxylic acids is 1. The number of carbonyl (C=O) groups is 1. The number of nitrogens with zero attached hydrogens (tertiary/aromatic N) is 2. The minimum Gasteiger partial charge on any atom is -0.493 e. The van der Waals surface area contributed by atoms with Gasteiger partial charge in [-0.2, -0.15) is 5.10 Å². The summed E-state index contributed by atoms with van der Waals surface area (Å²) in [7, 11) is 1.58. The van der Waals surface area contributed by atoms with Crippen molar-refractivity contribution < 1.29 is 14.3 Å². The zero-order valence-electron chi connectivity index (χ0n) is 12.4. The highest BCUT2D eigenvalue weighted by atomic mass is 16.5. The predicted octanol–water partition coefficient (Wildman–Crippen LogP) is 2.25. The summed E-state index contributed by atoms with van der Waals surface area (Å²) in [5.41, 5.74) is 3.75. The summed E-state index contributed by atoms with van der Waals surface area (Å²) in [6, 6.07) is 8.64.